The van der Waals surface area contributed by atoms with E-state index in [4.69, 9.17) is 11.6 Å². The van der Waals surface area contributed by atoms with Crippen LogP contribution < -0.4 is 5.32 Å². The van der Waals surface area contributed by atoms with E-state index >= 15 is 0 Å². The van der Waals surface area contributed by atoms with Gasteiger partial charge in [0, 0.05) is 28.9 Å². The van der Waals surface area contributed by atoms with E-state index in [-0.39, 0.29) is 5.91 Å². The van der Waals surface area contributed by atoms with Gasteiger partial charge < -0.3 is 5.32 Å². The number of fused-ring (bicyclic) bond motifs is 1. The Morgan fingerprint density at radius 2 is 1.91 bits per heavy atom. The molecule has 0 saturated heterocycles. The van der Waals surface area contributed by atoms with Crippen molar-refractivity contribution in [3.63, 3.8) is 0 Å². The minimum atomic E-state index is -0.303. The van der Waals surface area contributed by atoms with Crippen molar-refractivity contribution in [3.05, 3.63) is 72.2 Å². The Balaban J connectivity index is 1.87. The van der Waals surface area contributed by atoms with Crippen molar-refractivity contribution in [2.45, 2.75) is 0 Å². The quantitative estimate of drug-likeness (QED) is 0.589. The van der Waals surface area contributed by atoms with Crippen molar-refractivity contribution in [1.29, 1.82) is 0 Å². The highest BCUT2D eigenvalue weighted by Crippen LogP contribution is 2.22. The summed E-state index contributed by atoms with van der Waals surface area (Å²) < 4.78 is 0. The lowest BCUT2D eigenvalue weighted by Crippen LogP contribution is -2.13. The normalized spacial score (nSPS) is 10.4. The van der Waals surface area contributed by atoms with Gasteiger partial charge in [0.2, 0.25) is 0 Å². The van der Waals surface area contributed by atoms with E-state index in [1.807, 2.05) is 24.3 Å². The van der Waals surface area contributed by atoms with E-state index in [0.717, 1.165) is 10.9 Å². The van der Waals surface area contributed by atoms with E-state index in [0.29, 0.717) is 22.0 Å². The smallest absolute Gasteiger partial charge is 0.255 e. The van der Waals surface area contributed by atoms with Crippen molar-refractivity contribution in [1.82, 2.24) is 9.97 Å². The predicted octanol–water partition coefficient (Wildman–Crippen LogP) is 3.94. The highest BCUT2D eigenvalue weighted by molar-refractivity contribution is 6.29. The molecule has 2 aromatic heterocycles. The molecule has 0 atom stereocenters. The molecule has 22 heavy (non-hydrogen) atoms. The van der Waals surface area contributed by atoms with Gasteiger partial charge in [-0.3, -0.25) is 9.78 Å². The second-order valence-corrected chi connectivity index (χ2v) is 5.07. The summed E-state index contributed by atoms with van der Waals surface area (Å²) in [5.41, 5.74) is 2.32. The highest BCUT2D eigenvalue weighted by Gasteiger charge is 2.12. The number of para-hydroxylation sites is 1. The van der Waals surface area contributed by atoms with Gasteiger partial charge in [-0.1, -0.05) is 36.4 Å². The summed E-state index contributed by atoms with van der Waals surface area (Å²) in [5, 5.41) is 4.16. The summed E-state index contributed by atoms with van der Waals surface area (Å²) in [4.78, 5) is 20.6. The second kappa shape index (κ2) is 5.95. The van der Waals surface area contributed by atoms with Crippen molar-refractivity contribution in [2.24, 2.45) is 0 Å². The Kier molecular flexibility index (Phi) is 3.85. The highest BCUT2D eigenvalue weighted by atomic mass is 35.5. The third-order valence-corrected chi connectivity index (χ3v) is 3.45. The van der Waals surface area contributed by atoms with Gasteiger partial charge in [0.05, 0.1) is 11.2 Å². The summed E-state index contributed by atoms with van der Waals surface area (Å²) in [6, 6.07) is 12.7. The van der Waals surface area contributed by atoms with Crippen molar-refractivity contribution < 1.29 is 4.79 Å². The monoisotopic (exact) mass is 309 g/mol. The molecule has 108 valence electrons. The first-order chi connectivity index (χ1) is 10.6. The van der Waals surface area contributed by atoms with Crippen molar-refractivity contribution in [2.75, 3.05) is 5.32 Å². The standard InChI is InChI=1S/C17H12ClN3O/c1-11(13-7-8-15(18)20-10-13)17(22)21-14-6-2-4-12-5-3-9-19-16(12)14/h2-10H,1H2,(H,21,22). The zero-order valence-corrected chi connectivity index (χ0v) is 12.3. The molecule has 3 aromatic rings. The minimum Gasteiger partial charge on any atom is -0.320 e. The number of carbonyl (C=O) groups excluding carboxylic acids is 1. The molecule has 1 amide bonds. The molecule has 0 spiro atoms. The molecular formula is C17H12ClN3O. The zero-order valence-electron chi connectivity index (χ0n) is 11.6. The lowest BCUT2D eigenvalue weighted by atomic mass is 10.1. The van der Waals surface area contributed by atoms with Crippen LogP contribution in [0.5, 0.6) is 0 Å². The molecule has 2 heterocycles. The maximum absolute atomic E-state index is 12.3. The Morgan fingerprint density at radius 3 is 2.68 bits per heavy atom. The van der Waals surface area contributed by atoms with Crippen LogP contribution in [0.4, 0.5) is 5.69 Å². The largest absolute Gasteiger partial charge is 0.320 e. The molecule has 0 unspecified atom stereocenters. The van der Waals surface area contributed by atoms with E-state index in [1.165, 1.54) is 6.20 Å². The maximum Gasteiger partial charge on any atom is 0.255 e. The van der Waals surface area contributed by atoms with E-state index in [1.54, 1.807) is 24.4 Å². The molecule has 3 rings (SSSR count). The maximum atomic E-state index is 12.3. The van der Waals surface area contributed by atoms with Crippen LogP contribution in [0.1, 0.15) is 5.56 Å². The minimum absolute atomic E-state index is 0.303. The predicted molar refractivity (Wildman–Crippen MR) is 88.7 cm³/mol. The van der Waals surface area contributed by atoms with Gasteiger partial charge in [0.1, 0.15) is 5.15 Å². The molecule has 1 aromatic carbocycles. The number of nitrogens with one attached hydrogen (secondary N) is 1. The number of hydrogen-bond acceptors (Lipinski definition) is 3. The Morgan fingerprint density at radius 1 is 1.09 bits per heavy atom. The first-order valence-corrected chi connectivity index (χ1v) is 6.99. The van der Waals surface area contributed by atoms with Crippen molar-refractivity contribution in [3.8, 4) is 0 Å². The van der Waals surface area contributed by atoms with Gasteiger partial charge in [0.25, 0.3) is 5.91 Å². The molecule has 0 saturated carbocycles. The van der Waals surface area contributed by atoms with Crippen LogP contribution in [0, 0.1) is 0 Å². The van der Waals surface area contributed by atoms with E-state index in [2.05, 4.69) is 21.9 Å². The number of benzene rings is 1. The SMILES string of the molecule is C=C(C(=O)Nc1cccc2cccnc12)c1ccc(Cl)nc1. The molecule has 0 aliphatic rings. The summed E-state index contributed by atoms with van der Waals surface area (Å²) in [6.45, 7) is 3.82. The van der Waals surface area contributed by atoms with Gasteiger partial charge in [-0.2, -0.15) is 0 Å². The van der Waals surface area contributed by atoms with Crippen LogP contribution >= 0.6 is 11.6 Å². The summed E-state index contributed by atoms with van der Waals surface area (Å²) >= 11 is 5.74. The lowest BCUT2D eigenvalue weighted by Gasteiger charge is -2.09. The molecule has 0 aliphatic carbocycles. The average molecular weight is 310 g/mol. The van der Waals surface area contributed by atoms with Crippen molar-refractivity contribution >= 4 is 39.7 Å². The molecule has 5 heteroatoms. The number of pyridine rings is 2. The van der Waals surface area contributed by atoms with Crippen LogP contribution in [0.2, 0.25) is 5.15 Å². The fourth-order valence-corrected chi connectivity index (χ4v) is 2.20. The third kappa shape index (κ3) is 2.82. The fourth-order valence-electron chi connectivity index (χ4n) is 2.09. The number of halogens is 1. The van der Waals surface area contributed by atoms with Crippen LogP contribution in [0.25, 0.3) is 16.5 Å². The number of rotatable bonds is 3. The number of aromatic nitrogens is 2. The lowest BCUT2D eigenvalue weighted by molar-refractivity contribution is -0.111. The van der Waals surface area contributed by atoms with Gasteiger partial charge >= 0.3 is 0 Å². The van der Waals surface area contributed by atoms with Gasteiger partial charge in [-0.25, -0.2) is 4.98 Å². The molecular weight excluding hydrogens is 298 g/mol. The summed E-state index contributed by atoms with van der Waals surface area (Å²) in [5.74, 6) is -0.303. The third-order valence-electron chi connectivity index (χ3n) is 3.23. The number of anilines is 1. The van der Waals surface area contributed by atoms with Gasteiger partial charge in [-0.15, -0.1) is 0 Å². The summed E-state index contributed by atoms with van der Waals surface area (Å²) in [7, 11) is 0. The van der Waals surface area contributed by atoms with Gasteiger partial charge in [0.15, 0.2) is 0 Å². The molecule has 0 fully saturated rings. The molecule has 0 radical (unpaired) electrons. The average Bonchev–Trinajstić information content (AvgIpc) is 2.55. The molecule has 4 nitrogen and oxygen atoms in total. The molecule has 0 bridgehead atoms. The van der Waals surface area contributed by atoms with Crippen LogP contribution in [0.3, 0.4) is 0 Å². The molecule has 0 aliphatic heterocycles. The number of hydrogen-bond donors (Lipinski definition) is 1. The number of amides is 1. The number of nitrogens with zero attached hydrogens (tertiary/aromatic N) is 2. The topological polar surface area (TPSA) is 54.9 Å². The zero-order chi connectivity index (χ0) is 15.5. The molecule has 1 N–H and O–H groups in total. The van der Waals surface area contributed by atoms with E-state index < -0.39 is 0 Å². The fraction of sp³-hybridized carbons (Fsp3) is 0. The number of carbonyl (C=O) groups is 1. The Hall–Kier alpha value is -2.72. The Bertz CT molecular complexity index is 854. The van der Waals surface area contributed by atoms with E-state index in [9.17, 15) is 4.79 Å². The van der Waals surface area contributed by atoms with Crippen LogP contribution in [0.15, 0.2) is 61.4 Å². The first-order valence-electron chi connectivity index (χ1n) is 6.61. The second-order valence-electron chi connectivity index (χ2n) is 4.68. The summed E-state index contributed by atoms with van der Waals surface area (Å²) in [6.07, 6.45) is 3.21. The van der Waals surface area contributed by atoms with Crippen LogP contribution in [-0.2, 0) is 4.79 Å². The van der Waals surface area contributed by atoms with Gasteiger partial charge in [-0.05, 0) is 24.3 Å². The van der Waals surface area contributed by atoms with Crippen LogP contribution in [-0.4, -0.2) is 15.9 Å². The first kappa shape index (κ1) is 14.2. The Labute approximate surface area is 132 Å².